The van der Waals surface area contributed by atoms with Crippen LogP contribution in [0.4, 0.5) is 0 Å². The summed E-state index contributed by atoms with van der Waals surface area (Å²) in [6, 6.07) is 6.44. The number of benzene rings is 1. The molecule has 4 heteroatoms. The van der Waals surface area contributed by atoms with Crippen molar-refractivity contribution in [2.45, 2.75) is 53.1 Å². The predicted octanol–water partition coefficient (Wildman–Crippen LogP) is 3.07. The highest BCUT2D eigenvalue weighted by Gasteiger charge is 2.22. The van der Waals surface area contributed by atoms with Crippen LogP contribution in [0.3, 0.4) is 0 Å². The van der Waals surface area contributed by atoms with Crippen LogP contribution in [0, 0.1) is 13.8 Å². The summed E-state index contributed by atoms with van der Waals surface area (Å²) in [7, 11) is 0. The summed E-state index contributed by atoms with van der Waals surface area (Å²) < 4.78 is 0. The predicted molar refractivity (Wildman–Crippen MR) is 92.7 cm³/mol. The summed E-state index contributed by atoms with van der Waals surface area (Å²) in [6.07, 6.45) is 0.779. The molecule has 0 bridgehead atoms. The Bertz CT molecular complexity index is 756. The van der Waals surface area contributed by atoms with Crippen molar-refractivity contribution < 1.29 is 0 Å². The Morgan fingerprint density at radius 3 is 2.61 bits per heavy atom. The standard InChI is InChI=1S/C19H25N3O/c1-12(2)18-20-17-11-22(9-8-15(17)19(23)21-18)10-16-13(3)6-5-7-14(16)4/h5-7,12H,8-11H2,1-4H3,(H,20,21,23). The summed E-state index contributed by atoms with van der Waals surface area (Å²) >= 11 is 0. The molecular weight excluding hydrogens is 286 g/mol. The second kappa shape index (κ2) is 6.28. The number of hydrogen-bond acceptors (Lipinski definition) is 3. The monoisotopic (exact) mass is 311 g/mol. The van der Waals surface area contributed by atoms with Gasteiger partial charge in [-0.3, -0.25) is 9.69 Å². The SMILES string of the molecule is Cc1cccc(C)c1CN1CCc2c(nc(C(C)C)[nH]c2=O)C1. The highest BCUT2D eigenvalue weighted by molar-refractivity contribution is 5.33. The van der Waals surface area contributed by atoms with E-state index < -0.39 is 0 Å². The molecule has 0 unspecified atom stereocenters. The van der Waals surface area contributed by atoms with Crippen LogP contribution in [0.1, 0.15) is 53.5 Å². The molecule has 1 aromatic heterocycles. The van der Waals surface area contributed by atoms with Crippen molar-refractivity contribution in [2.75, 3.05) is 6.54 Å². The molecule has 0 saturated heterocycles. The lowest BCUT2D eigenvalue weighted by molar-refractivity contribution is 0.239. The molecule has 23 heavy (non-hydrogen) atoms. The third-order valence-electron chi connectivity index (χ3n) is 4.74. The van der Waals surface area contributed by atoms with Gasteiger partial charge in [-0.25, -0.2) is 4.98 Å². The maximum Gasteiger partial charge on any atom is 0.254 e. The minimum Gasteiger partial charge on any atom is -0.310 e. The fourth-order valence-corrected chi connectivity index (χ4v) is 3.24. The van der Waals surface area contributed by atoms with Crippen LogP contribution >= 0.6 is 0 Å². The van der Waals surface area contributed by atoms with Gasteiger partial charge in [-0.05, 0) is 37.0 Å². The third-order valence-corrected chi connectivity index (χ3v) is 4.74. The zero-order valence-electron chi connectivity index (χ0n) is 14.4. The van der Waals surface area contributed by atoms with E-state index in [2.05, 4.69) is 55.8 Å². The highest BCUT2D eigenvalue weighted by Crippen LogP contribution is 2.21. The molecule has 122 valence electrons. The van der Waals surface area contributed by atoms with Gasteiger partial charge in [0.25, 0.3) is 5.56 Å². The number of hydrogen-bond donors (Lipinski definition) is 1. The van der Waals surface area contributed by atoms with Gasteiger partial charge in [0, 0.05) is 31.1 Å². The van der Waals surface area contributed by atoms with E-state index in [0.29, 0.717) is 0 Å². The summed E-state index contributed by atoms with van der Waals surface area (Å²) in [4.78, 5) is 22.3. The summed E-state index contributed by atoms with van der Waals surface area (Å²) in [5.74, 6) is 1.03. The van der Waals surface area contributed by atoms with Crippen molar-refractivity contribution >= 4 is 0 Å². The number of H-pyrrole nitrogens is 1. The first-order chi connectivity index (χ1) is 11.0. The van der Waals surface area contributed by atoms with Crippen molar-refractivity contribution in [2.24, 2.45) is 0 Å². The van der Waals surface area contributed by atoms with E-state index in [1.54, 1.807) is 0 Å². The molecule has 3 rings (SSSR count). The lowest BCUT2D eigenvalue weighted by atomic mass is 10.0. The Morgan fingerprint density at radius 2 is 1.96 bits per heavy atom. The minimum atomic E-state index is 0.0467. The van der Waals surface area contributed by atoms with Crippen LogP contribution in [-0.2, 0) is 19.5 Å². The first-order valence-electron chi connectivity index (χ1n) is 8.35. The quantitative estimate of drug-likeness (QED) is 0.947. The van der Waals surface area contributed by atoms with E-state index >= 15 is 0 Å². The Hall–Kier alpha value is -1.94. The number of aromatic nitrogens is 2. The molecule has 1 aliphatic rings. The molecule has 0 saturated carbocycles. The zero-order chi connectivity index (χ0) is 16.6. The summed E-state index contributed by atoms with van der Waals surface area (Å²) in [6.45, 7) is 11.0. The molecule has 0 atom stereocenters. The van der Waals surface area contributed by atoms with E-state index in [4.69, 9.17) is 4.98 Å². The van der Waals surface area contributed by atoms with Gasteiger partial charge < -0.3 is 4.98 Å². The van der Waals surface area contributed by atoms with Gasteiger partial charge in [-0.2, -0.15) is 0 Å². The molecule has 1 N–H and O–H groups in total. The van der Waals surface area contributed by atoms with Crippen LogP contribution in [0.2, 0.25) is 0 Å². The van der Waals surface area contributed by atoms with Crippen molar-refractivity contribution in [3.8, 4) is 0 Å². The molecule has 2 aromatic rings. The van der Waals surface area contributed by atoms with E-state index in [-0.39, 0.29) is 11.5 Å². The normalized spacial score (nSPS) is 15.0. The number of rotatable bonds is 3. The first-order valence-corrected chi connectivity index (χ1v) is 8.35. The second-order valence-electron chi connectivity index (χ2n) is 6.86. The van der Waals surface area contributed by atoms with E-state index in [1.165, 1.54) is 16.7 Å². The van der Waals surface area contributed by atoms with Crippen molar-refractivity contribution in [1.82, 2.24) is 14.9 Å². The highest BCUT2D eigenvalue weighted by atomic mass is 16.1. The largest absolute Gasteiger partial charge is 0.310 e. The topological polar surface area (TPSA) is 49.0 Å². The molecule has 1 aliphatic heterocycles. The smallest absolute Gasteiger partial charge is 0.254 e. The minimum absolute atomic E-state index is 0.0467. The van der Waals surface area contributed by atoms with Crippen LogP contribution in [-0.4, -0.2) is 21.4 Å². The van der Waals surface area contributed by atoms with Gasteiger partial charge >= 0.3 is 0 Å². The molecule has 0 fully saturated rings. The maximum atomic E-state index is 12.2. The van der Waals surface area contributed by atoms with Crippen molar-refractivity contribution in [1.29, 1.82) is 0 Å². The lowest BCUT2D eigenvalue weighted by Gasteiger charge is -2.29. The second-order valence-corrected chi connectivity index (χ2v) is 6.86. The maximum absolute atomic E-state index is 12.2. The first kappa shape index (κ1) is 15.9. The number of nitrogens with one attached hydrogen (secondary N) is 1. The van der Waals surface area contributed by atoms with Gasteiger partial charge in [0.1, 0.15) is 5.82 Å². The molecule has 2 heterocycles. The van der Waals surface area contributed by atoms with Gasteiger partial charge in [-0.1, -0.05) is 32.0 Å². The lowest BCUT2D eigenvalue weighted by Crippen LogP contribution is -2.35. The molecule has 1 aromatic carbocycles. The van der Waals surface area contributed by atoms with E-state index in [0.717, 1.165) is 43.1 Å². The number of nitrogens with zero attached hydrogens (tertiary/aromatic N) is 2. The zero-order valence-corrected chi connectivity index (χ0v) is 14.4. The molecule has 0 spiro atoms. The summed E-state index contributed by atoms with van der Waals surface area (Å²) in [5, 5.41) is 0. The fraction of sp³-hybridized carbons (Fsp3) is 0.474. The van der Waals surface area contributed by atoms with Crippen LogP contribution in [0.25, 0.3) is 0 Å². The Balaban J connectivity index is 1.87. The molecule has 0 aliphatic carbocycles. The molecule has 0 radical (unpaired) electrons. The van der Waals surface area contributed by atoms with E-state index in [9.17, 15) is 4.79 Å². The Kier molecular flexibility index (Phi) is 4.35. The molecular formula is C19H25N3O. The van der Waals surface area contributed by atoms with Gasteiger partial charge in [0.2, 0.25) is 0 Å². The number of fused-ring (bicyclic) bond motifs is 1. The van der Waals surface area contributed by atoms with Gasteiger partial charge in [-0.15, -0.1) is 0 Å². The van der Waals surface area contributed by atoms with Crippen molar-refractivity contribution in [3.05, 3.63) is 62.3 Å². The molecule has 0 amide bonds. The van der Waals surface area contributed by atoms with Gasteiger partial charge in [0.05, 0.1) is 5.69 Å². The number of aryl methyl sites for hydroxylation is 2. The summed E-state index contributed by atoms with van der Waals surface area (Å²) in [5.41, 5.74) is 5.92. The van der Waals surface area contributed by atoms with Crippen molar-refractivity contribution in [3.63, 3.8) is 0 Å². The molecule has 4 nitrogen and oxygen atoms in total. The third kappa shape index (κ3) is 3.22. The van der Waals surface area contributed by atoms with E-state index in [1.807, 2.05) is 0 Å². The van der Waals surface area contributed by atoms with Gasteiger partial charge in [0.15, 0.2) is 0 Å². The van der Waals surface area contributed by atoms with Crippen LogP contribution in [0.5, 0.6) is 0 Å². The number of aromatic amines is 1. The average Bonchev–Trinajstić information content (AvgIpc) is 2.50. The average molecular weight is 311 g/mol. The Morgan fingerprint density at radius 1 is 1.26 bits per heavy atom. The Labute approximate surface area is 137 Å². The van der Waals surface area contributed by atoms with Crippen LogP contribution in [0.15, 0.2) is 23.0 Å². The fourth-order valence-electron chi connectivity index (χ4n) is 3.24. The van der Waals surface area contributed by atoms with Crippen LogP contribution < -0.4 is 5.56 Å².